The molecule has 1 aliphatic rings. The third-order valence-corrected chi connectivity index (χ3v) is 5.14. The van der Waals surface area contributed by atoms with Gasteiger partial charge < -0.3 is 4.74 Å². The summed E-state index contributed by atoms with van der Waals surface area (Å²) in [4.78, 5) is 11.7. The minimum Gasteiger partial charge on any atom is -0.465 e. The maximum atomic E-state index is 12.3. The van der Waals surface area contributed by atoms with Gasteiger partial charge in [-0.2, -0.15) is 4.72 Å². The molecule has 0 spiro atoms. The molecule has 0 radical (unpaired) electrons. The summed E-state index contributed by atoms with van der Waals surface area (Å²) in [7, 11) is -3.71. The van der Waals surface area contributed by atoms with Crippen LogP contribution in [0.15, 0.2) is 23.1 Å². The minimum atomic E-state index is -3.71. The van der Waals surface area contributed by atoms with Crippen molar-refractivity contribution in [3.05, 3.63) is 29.3 Å². The number of carbonyl (C=O) groups excluding carboxylic acids is 1. The second-order valence-corrected chi connectivity index (χ2v) is 6.95. The standard InChI is InChI=1S/C15H21NO4S/c1-3-20-15(17)11(2)16-21(18,19)14-9-8-12-6-4-5-7-13(12)10-14/h8-11,16H,3-7H2,1-2H3. The van der Waals surface area contributed by atoms with E-state index in [4.69, 9.17) is 4.74 Å². The van der Waals surface area contributed by atoms with Gasteiger partial charge in [0.05, 0.1) is 11.5 Å². The SMILES string of the molecule is CCOC(=O)C(C)NS(=O)(=O)c1ccc2c(c1)CCCC2. The van der Waals surface area contributed by atoms with E-state index in [2.05, 4.69) is 4.72 Å². The Morgan fingerprint density at radius 1 is 1.29 bits per heavy atom. The number of ether oxygens (including phenoxy) is 1. The van der Waals surface area contributed by atoms with Crippen LogP contribution in [0, 0.1) is 0 Å². The van der Waals surface area contributed by atoms with E-state index in [-0.39, 0.29) is 11.5 Å². The smallest absolute Gasteiger partial charge is 0.323 e. The lowest BCUT2D eigenvalue weighted by atomic mass is 9.92. The van der Waals surface area contributed by atoms with Gasteiger partial charge in [-0.15, -0.1) is 0 Å². The summed E-state index contributed by atoms with van der Waals surface area (Å²) in [5.41, 5.74) is 2.31. The zero-order valence-electron chi connectivity index (χ0n) is 12.4. The van der Waals surface area contributed by atoms with Gasteiger partial charge in [0.15, 0.2) is 0 Å². The number of rotatable bonds is 5. The van der Waals surface area contributed by atoms with Crippen molar-refractivity contribution in [1.82, 2.24) is 4.72 Å². The first-order valence-electron chi connectivity index (χ1n) is 7.25. The van der Waals surface area contributed by atoms with Gasteiger partial charge in [-0.1, -0.05) is 6.07 Å². The Morgan fingerprint density at radius 3 is 2.62 bits per heavy atom. The lowest BCUT2D eigenvalue weighted by molar-refractivity contribution is -0.144. The van der Waals surface area contributed by atoms with Gasteiger partial charge in [-0.3, -0.25) is 4.79 Å². The highest BCUT2D eigenvalue weighted by Gasteiger charge is 2.24. The Hall–Kier alpha value is -1.40. The zero-order valence-corrected chi connectivity index (χ0v) is 13.2. The second-order valence-electron chi connectivity index (χ2n) is 5.23. The normalized spacial score (nSPS) is 16.1. The number of hydrogen-bond acceptors (Lipinski definition) is 4. The summed E-state index contributed by atoms with van der Waals surface area (Å²) >= 11 is 0. The van der Waals surface area contributed by atoms with Crippen LogP contribution in [0.1, 0.15) is 37.8 Å². The molecule has 0 bridgehead atoms. The van der Waals surface area contributed by atoms with E-state index in [1.54, 1.807) is 19.1 Å². The summed E-state index contributed by atoms with van der Waals surface area (Å²) in [6.07, 6.45) is 4.15. The van der Waals surface area contributed by atoms with Crippen molar-refractivity contribution in [2.45, 2.75) is 50.5 Å². The molecule has 1 unspecified atom stereocenters. The molecule has 0 amide bonds. The maximum absolute atomic E-state index is 12.3. The average molecular weight is 311 g/mol. The molecular weight excluding hydrogens is 290 g/mol. The Balaban J connectivity index is 2.18. The summed E-state index contributed by atoms with van der Waals surface area (Å²) in [6.45, 7) is 3.39. The van der Waals surface area contributed by atoms with Crippen LogP contribution in [0.5, 0.6) is 0 Å². The fourth-order valence-electron chi connectivity index (χ4n) is 2.49. The van der Waals surface area contributed by atoms with E-state index in [0.29, 0.717) is 0 Å². The molecule has 0 saturated carbocycles. The topological polar surface area (TPSA) is 72.5 Å². The van der Waals surface area contributed by atoms with Gasteiger partial charge in [-0.25, -0.2) is 8.42 Å². The van der Waals surface area contributed by atoms with Crippen LogP contribution < -0.4 is 4.72 Å². The van der Waals surface area contributed by atoms with Crippen LogP contribution in [0.25, 0.3) is 0 Å². The van der Waals surface area contributed by atoms with Crippen molar-refractivity contribution in [3.8, 4) is 0 Å². The zero-order chi connectivity index (χ0) is 15.5. The van der Waals surface area contributed by atoms with Gasteiger partial charge in [0.1, 0.15) is 6.04 Å². The van der Waals surface area contributed by atoms with Crippen molar-refractivity contribution in [2.24, 2.45) is 0 Å². The predicted octanol–water partition coefficient (Wildman–Crippen LogP) is 1.80. The second kappa shape index (κ2) is 6.58. The molecule has 1 N–H and O–H groups in total. The van der Waals surface area contributed by atoms with Gasteiger partial charge in [0.25, 0.3) is 0 Å². The Labute approximate surface area is 125 Å². The fourth-order valence-corrected chi connectivity index (χ4v) is 3.74. The molecule has 0 heterocycles. The van der Waals surface area contributed by atoms with E-state index in [9.17, 15) is 13.2 Å². The minimum absolute atomic E-state index is 0.208. The van der Waals surface area contributed by atoms with E-state index >= 15 is 0 Å². The molecule has 2 rings (SSSR count). The maximum Gasteiger partial charge on any atom is 0.323 e. The molecule has 1 aliphatic carbocycles. The van der Waals surface area contributed by atoms with E-state index in [1.807, 2.05) is 6.07 Å². The third kappa shape index (κ3) is 3.83. The summed E-state index contributed by atoms with van der Waals surface area (Å²) < 4.78 is 31.8. The molecule has 0 saturated heterocycles. The van der Waals surface area contributed by atoms with Crippen LogP contribution in [0.4, 0.5) is 0 Å². The molecule has 0 fully saturated rings. The number of esters is 1. The van der Waals surface area contributed by atoms with Crippen LogP contribution in [0.2, 0.25) is 0 Å². The number of fused-ring (bicyclic) bond motifs is 1. The lowest BCUT2D eigenvalue weighted by Crippen LogP contribution is -2.39. The van der Waals surface area contributed by atoms with Gasteiger partial charge >= 0.3 is 5.97 Å². The number of carbonyl (C=O) groups is 1. The molecule has 1 atom stereocenters. The van der Waals surface area contributed by atoms with Crippen molar-refractivity contribution in [2.75, 3.05) is 6.61 Å². The number of nitrogens with one attached hydrogen (secondary N) is 1. The highest BCUT2D eigenvalue weighted by atomic mass is 32.2. The quantitative estimate of drug-likeness (QED) is 0.842. The number of aryl methyl sites for hydroxylation is 2. The molecule has 5 nitrogen and oxygen atoms in total. The molecule has 6 heteroatoms. The van der Waals surface area contributed by atoms with Crippen molar-refractivity contribution < 1.29 is 17.9 Å². The third-order valence-electron chi connectivity index (χ3n) is 3.60. The molecule has 116 valence electrons. The van der Waals surface area contributed by atoms with Crippen LogP contribution in [-0.4, -0.2) is 27.0 Å². The highest BCUT2D eigenvalue weighted by Crippen LogP contribution is 2.24. The number of sulfonamides is 1. The molecule has 21 heavy (non-hydrogen) atoms. The summed E-state index contributed by atoms with van der Waals surface area (Å²) in [5, 5.41) is 0. The first kappa shape index (κ1) is 16.0. The molecule has 1 aromatic carbocycles. The molecular formula is C15H21NO4S. The summed E-state index contributed by atoms with van der Waals surface area (Å²) in [5.74, 6) is -0.570. The monoisotopic (exact) mass is 311 g/mol. The van der Waals surface area contributed by atoms with E-state index < -0.39 is 22.0 Å². The van der Waals surface area contributed by atoms with Crippen LogP contribution in [-0.2, 0) is 32.4 Å². The highest BCUT2D eigenvalue weighted by molar-refractivity contribution is 7.89. The van der Waals surface area contributed by atoms with Gasteiger partial charge in [0, 0.05) is 0 Å². The first-order valence-corrected chi connectivity index (χ1v) is 8.73. The average Bonchev–Trinajstić information content (AvgIpc) is 2.46. The first-order chi connectivity index (χ1) is 9.94. The van der Waals surface area contributed by atoms with Crippen LogP contribution >= 0.6 is 0 Å². The fraction of sp³-hybridized carbons (Fsp3) is 0.533. The molecule has 0 aromatic heterocycles. The van der Waals surface area contributed by atoms with E-state index in [1.165, 1.54) is 12.5 Å². The Morgan fingerprint density at radius 2 is 1.95 bits per heavy atom. The predicted molar refractivity (Wildman–Crippen MR) is 79.5 cm³/mol. The lowest BCUT2D eigenvalue weighted by Gasteiger charge is -2.18. The van der Waals surface area contributed by atoms with Crippen molar-refractivity contribution in [1.29, 1.82) is 0 Å². The van der Waals surface area contributed by atoms with Crippen LogP contribution in [0.3, 0.4) is 0 Å². The largest absolute Gasteiger partial charge is 0.465 e. The van der Waals surface area contributed by atoms with Gasteiger partial charge in [0.2, 0.25) is 10.0 Å². The Kier molecular flexibility index (Phi) is 5.00. The van der Waals surface area contributed by atoms with Gasteiger partial charge in [-0.05, 0) is 62.8 Å². The molecule has 0 aliphatic heterocycles. The van der Waals surface area contributed by atoms with E-state index in [0.717, 1.165) is 31.2 Å². The number of benzene rings is 1. The summed E-state index contributed by atoms with van der Waals surface area (Å²) in [6, 6.07) is 4.29. The number of hydrogen-bond donors (Lipinski definition) is 1. The molecule has 1 aromatic rings. The van der Waals surface area contributed by atoms with Crippen molar-refractivity contribution in [3.63, 3.8) is 0 Å². The van der Waals surface area contributed by atoms with Crippen molar-refractivity contribution >= 4 is 16.0 Å². The Bertz CT molecular complexity index is 625.